The Hall–Kier alpha value is -1.62. The topological polar surface area (TPSA) is 63.8 Å². The van der Waals surface area contributed by atoms with Gasteiger partial charge in [-0.1, -0.05) is 12.1 Å². The Labute approximate surface area is 79.0 Å². The summed E-state index contributed by atoms with van der Waals surface area (Å²) in [6, 6.07) is 7.24. The molecule has 1 aromatic heterocycles. The highest BCUT2D eigenvalue weighted by molar-refractivity contribution is 7.80. The molecule has 1 heterocycles. The van der Waals surface area contributed by atoms with Gasteiger partial charge in [-0.2, -0.15) is 0 Å². The van der Waals surface area contributed by atoms with Crippen molar-refractivity contribution in [3.05, 3.63) is 34.7 Å². The Morgan fingerprint density at radius 1 is 1.46 bits per heavy atom. The molecule has 5 heteroatoms. The number of hydrogen-bond acceptors (Lipinski definition) is 2. The van der Waals surface area contributed by atoms with Crippen molar-refractivity contribution >= 4 is 28.4 Å². The highest BCUT2D eigenvalue weighted by Crippen LogP contribution is 2.07. The molecule has 0 saturated heterocycles. The number of rotatable bonds is 0. The van der Waals surface area contributed by atoms with Crippen molar-refractivity contribution in [2.75, 3.05) is 0 Å². The van der Waals surface area contributed by atoms with Crippen LogP contribution >= 0.6 is 12.2 Å². The summed E-state index contributed by atoms with van der Waals surface area (Å²) < 4.78 is 1.27. The first-order valence-electron chi connectivity index (χ1n) is 3.70. The number of para-hydroxylation sites is 2. The predicted molar refractivity (Wildman–Crippen MR) is 54.7 cm³/mol. The molecule has 66 valence electrons. The molecule has 0 radical (unpaired) electrons. The summed E-state index contributed by atoms with van der Waals surface area (Å²) in [5, 5.41) is 0.0578. The van der Waals surface area contributed by atoms with Crippen molar-refractivity contribution in [1.29, 1.82) is 0 Å². The van der Waals surface area contributed by atoms with Gasteiger partial charge in [0.25, 0.3) is 0 Å². The molecule has 0 saturated carbocycles. The highest BCUT2D eigenvalue weighted by atomic mass is 32.1. The second-order valence-corrected chi connectivity index (χ2v) is 3.04. The van der Waals surface area contributed by atoms with Crippen LogP contribution in [-0.2, 0) is 0 Å². The smallest absolute Gasteiger partial charge is 0.332 e. The summed E-state index contributed by atoms with van der Waals surface area (Å²) in [5.41, 5.74) is 6.55. The van der Waals surface area contributed by atoms with Crippen molar-refractivity contribution in [3.8, 4) is 0 Å². The summed E-state index contributed by atoms with van der Waals surface area (Å²) in [4.78, 5) is 14.0. The van der Waals surface area contributed by atoms with Crippen molar-refractivity contribution in [3.63, 3.8) is 0 Å². The van der Waals surface area contributed by atoms with E-state index in [-0.39, 0.29) is 10.8 Å². The van der Waals surface area contributed by atoms with E-state index in [9.17, 15) is 4.79 Å². The maximum atomic E-state index is 11.3. The lowest BCUT2D eigenvalue weighted by atomic mass is 10.3. The molecular formula is C8H7N3OS. The maximum absolute atomic E-state index is 11.3. The van der Waals surface area contributed by atoms with Crippen LogP contribution in [0.25, 0.3) is 11.0 Å². The number of fused-ring (bicyclic) bond motifs is 1. The van der Waals surface area contributed by atoms with E-state index in [4.69, 9.17) is 18.0 Å². The van der Waals surface area contributed by atoms with Crippen molar-refractivity contribution in [2.45, 2.75) is 0 Å². The van der Waals surface area contributed by atoms with Crippen molar-refractivity contribution in [1.82, 2.24) is 9.55 Å². The molecule has 0 aliphatic rings. The Bertz CT molecular complexity index is 525. The normalized spacial score (nSPS) is 10.5. The minimum absolute atomic E-state index is 0.0578. The zero-order valence-electron chi connectivity index (χ0n) is 6.65. The minimum atomic E-state index is -0.297. The van der Waals surface area contributed by atoms with Gasteiger partial charge in [0.2, 0.25) is 0 Å². The standard InChI is InChI=1S/C8H7N3OS/c9-7(13)11-6-4-2-1-3-5(6)10-8(11)12/h1-4H,(H2,9,13)(H,10,12). The summed E-state index contributed by atoms with van der Waals surface area (Å²) in [5.74, 6) is 0. The fourth-order valence-corrected chi connectivity index (χ4v) is 1.45. The molecule has 0 aliphatic carbocycles. The Morgan fingerprint density at radius 2 is 2.15 bits per heavy atom. The van der Waals surface area contributed by atoms with Crippen LogP contribution in [0.5, 0.6) is 0 Å². The van der Waals surface area contributed by atoms with E-state index < -0.39 is 0 Å². The van der Waals surface area contributed by atoms with Gasteiger partial charge in [-0.15, -0.1) is 0 Å². The molecular weight excluding hydrogens is 186 g/mol. The SMILES string of the molecule is NC(=S)n1c(=O)[nH]c2ccccc21. The van der Waals surface area contributed by atoms with Gasteiger partial charge >= 0.3 is 5.69 Å². The van der Waals surface area contributed by atoms with Crippen LogP contribution in [0.2, 0.25) is 0 Å². The fraction of sp³-hybridized carbons (Fsp3) is 0. The number of aromatic amines is 1. The van der Waals surface area contributed by atoms with Gasteiger partial charge in [0.1, 0.15) is 0 Å². The van der Waals surface area contributed by atoms with Gasteiger partial charge in [0.05, 0.1) is 11.0 Å². The third kappa shape index (κ3) is 1.13. The second kappa shape index (κ2) is 2.70. The largest absolute Gasteiger partial charge is 0.375 e. The Balaban J connectivity index is 2.95. The number of aromatic nitrogens is 2. The lowest BCUT2D eigenvalue weighted by molar-refractivity contribution is 1.08. The summed E-state index contributed by atoms with van der Waals surface area (Å²) in [6.45, 7) is 0. The molecule has 4 nitrogen and oxygen atoms in total. The zero-order chi connectivity index (χ0) is 9.42. The van der Waals surface area contributed by atoms with E-state index in [0.29, 0.717) is 5.52 Å². The number of H-pyrrole nitrogens is 1. The van der Waals surface area contributed by atoms with Gasteiger partial charge in [-0.25, -0.2) is 9.36 Å². The van der Waals surface area contributed by atoms with Gasteiger partial charge in [-0.05, 0) is 24.4 Å². The van der Waals surface area contributed by atoms with Crippen LogP contribution in [0.1, 0.15) is 0 Å². The molecule has 0 amide bonds. The molecule has 0 atom stereocenters. The summed E-state index contributed by atoms with van der Waals surface area (Å²) in [6.07, 6.45) is 0. The van der Waals surface area contributed by atoms with Crippen molar-refractivity contribution < 1.29 is 0 Å². The van der Waals surface area contributed by atoms with E-state index >= 15 is 0 Å². The maximum Gasteiger partial charge on any atom is 0.332 e. The molecule has 13 heavy (non-hydrogen) atoms. The molecule has 0 bridgehead atoms. The molecule has 0 fully saturated rings. The summed E-state index contributed by atoms with van der Waals surface area (Å²) in [7, 11) is 0. The zero-order valence-corrected chi connectivity index (χ0v) is 7.47. The van der Waals surface area contributed by atoms with Crippen LogP contribution in [0.3, 0.4) is 0 Å². The molecule has 0 spiro atoms. The molecule has 0 unspecified atom stereocenters. The van der Waals surface area contributed by atoms with Crippen LogP contribution in [0.15, 0.2) is 29.1 Å². The quantitative estimate of drug-likeness (QED) is 0.596. The number of nitrogens with one attached hydrogen (secondary N) is 1. The number of hydrogen-bond donors (Lipinski definition) is 2. The number of imidazole rings is 1. The van der Waals surface area contributed by atoms with Gasteiger partial charge in [-0.3, -0.25) is 0 Å². The van der Waals surface area contributed by atoms with E-state index in [1.54, 1.807) is 12.1 Å². The van der Waals surface area contributed by atoms with Crippen LogP contribution in [0, 0.1) is 0 Å². The summed E-state index contributed by atoms with van der Waals surface area (Å²) >= 11 is 4.75. The number of benzene rings is 1. The molecule has 2 rings (SSSR count). The van der Waals surface area contributed by atoms with E-state index in [1.165, 1.54) is 4.57 Å². The Kier molecular flexibility index (Phi) is 1.66. The highest BCUT2D eigenvalue weighted by Gasteiger charge is 2.06. The van der Waals surface area contributed by atoms with Crippen LogP contribution in [-0.4, -0.2) is 14.7 Å². The first-order valence-corrected chi connectivity index (χ1v) is 4.10. The Morgan fingerprint density at radius 3 is 2.85 bits per heavy atom. The van der Waals surface area contributed by atoms with Gasteiger partial charge in [0, 0.05) is 0 Å². The fourth-order valence-electron chi connectivity index (χ4n) is 1.27. The average molecular weight is 193 g/mol. The third-order valence-electron chi connectivity index (χ3n) is 1.81. The molecule has 2 aromatic rings. The molecule has 0 aliphatic heterocycles. The third-order valence-corrected chi connectivity index (χ3v) is 1.99. The average Bonchev–Trinajstić information content (AvgIpc) is 2.39. The first-order chi connectivity index (χ1) is 6.20. The van der Waals surface area contributed by atoms with Crippen LogP contribution < -0.4 is 11.4 Å². The second-order valence-electron chi connectivity index (χ2n) is 2.62. The van der Waals surface area contributed by atoms with E-state index in [2.05, 4.69) is 4.98 Å². The predicted octanol–water partition coefficient (Wildman–Crippen LogP) is 0.421. The van der Waals surface area contributed by atoms with Crippen molar-refractivity contribution in [2.24, 2.45) is 5.73 Å². The van der Waals surface area contributed by atoms with Crippen LogP contribution in [0.4, 0.5) is 0 Å². The number of nitrogens with zero attached hydrogens (tertiary/aromatic N) is 1. The monoisotopic (exact) mass is 193 g/mol. The first kappa shape index (κ1) is 8.00. The van der Waals surface area contributed by atoms with Gasteiger partial charge in [0.15, 0.2) is 5.11 Å². The number of nitrogens with two attached hydrogens (primary N) is 1. The lowest BCUT2D eigenvalue weighted by Crippen LogP contribution is -2.29. The molecule has 3 N–H and O–H groups in total. The lowest BCUT2D eigenvalue weighted by Gasteiger charge is -1.96. The van der Waals surface area contributed by atoms with E-state index in [0.717, 1.165) is 5.52 Å². The molecule has 1 aromatic carbocycles. The van der Waals surface area contributed by atoms with Gasteiger partial charge < -0.3 is 10.7 Å². The minimum Gasteiger partial charge on any atom is -0.375 e. The van der Waals surface area contributed by atoms with E-state index in [1.807, 2.05) is 12.1 Å². The number of thiocarbonyl (C=S) groups is 1.